The molecule has 3 aromatic carbocycles. The Bertz CT molecular complexity index is 966. The quantitative estimate of drug-likeness (QED) is 0.458. The van der Waals surface area contributed by atoms with E-state index in [-0.39, 0.29) is 4.87 Å². The van der Waals surface area contributed by atoms with Gasteiger partial charge < -0.3 is 0 Å². The maximum absolute atomic E-state index is 4.56. The molecule has 1 unspecified atom stereocenters. The molecular weight excluding hydrogens is 326 g/mol. The number of nitrogens with zero attached hydrogens (tertiary/aromatic N) is 3. The summed E-state index contributed by atoms with van der Waals surface area (Å²) in [6, 6.07) is 29.2. The second-order valence-electron chi connectivity index (χ2n) is 5.91. The molecule has 4 aromatic rings. The van der Waals surface area contributed by atoms with Gasteiger partial charge in [-0.2, -0.15) is 0 Å². The zero-order chi connectivity index (χ0) is 17.1. The molecule has 4 heteroatoms. The Labute approximate surface area is 151 Å². The zero-order valence-electron chi connectivity index (χ0n) is 14.0. The molecule has 124 valence electrons. The fraction of sp³-hybridized carbons (Fsp3) is 0.143. The molecule has 0 saturated heterocycles. The fourth-order valence-electron chi connectivity index (χ4n) is 3.17. The Morgan fingerprint density at radius 1 is 0.840 bits per heavy atom. The van der Waals surface area contributed by atoms with E-state index in [0.717, 1.165) is 17.5 Å². The molecule has 25 heavy (non-hydrogen) atoms. The molecule has 0 amide bonds. The van der Waals surface area contributed by atoms with Crippen molar-refractivity contribution in [1.82, 2.24) is 15.0 Å². The van der Waals surface area contributed by atoms with Crippen molar-refractivity contribution in [3.05, 3.63) is 90.5 Å². The molecule has 1 aromatic heterocycles. The molecule has 0 saturated carbocycles. The second-order valence-corrected chi connectivity index (χ2v) is 7.26. The number of para-hydroxylation sites is 1. The van der Waals surface area contributed by atoms with Crippen LogP contribution in [0.2, 0.25) is 0 Å². The molecule has 4 rings (SSSR count). The van der Waals surface area contributed by atoms with Gasteiger partial charge in [0.1, 0.15) is 10.4 Å². The van der Waals surface area contributed by atoms with Gasteiger partial charge in [0.2, 0.25) is 0 Å². The molecule has 0 aliphatic heterocycles. The third-order valence-corrected chi connectivity index (χ3v) is 5.97. The number of hydrogen-bond acceptors (Lipinski definition) is 3. The van der Waals surface area contributed by atoms with Gasteiger partial charge in [0, 0.05) is 4.90 Å². The van der Waals surface area contributed by atoms with E-state index in [2.05, 4.69) is 82.6 Å². The van der Waals surface area contributed by atoms with E-state index in [1.807, 2.05) is 36.0 Å². The summed E-state index contributed by atoms with van der Waals surface area (Å²) < 4.78 is 2.08. The molecule has 1 heterocycles. The topological polar surface area (TPSA) is 30.7 Å². The lowest BCUT2D eigenvalue weighted by Crippen LogP contribution is -2.32. The Hall–Kier alpha value is -2.59. The second kappa shape index (κ2) is 6.73. The van der Waals surface area contributed by atoms with Crippen molar-refractivity contribution in [2.45, 2.75) is 23.1 Å². The van der Waals surface area contributed by atoms with Gasteiger partial charge in [-0.3, -0.25) is 0 Å². The minimum Gasteiger partial charge on any atom is -0.224 e. The number of aromatic nitrogens is 3. The maximum atomic E-state index is 4.56. The van der Waals surface area contributed by atoms with E-state index in [1.54, 1.807) is 0 Å². The van der Waals surface area contributed by atoms with Crippen LogP contribution >= 0.6 is 11.8 Å². The summed E-state index contributed by atoms with van der Waals surface area (Å²) in [5.41, 5.74) is 3.20. The first kappa shape index (κ1) is 15.9. The van der Waals surface area contributed by atoms with E-state index in [1.165, 1.54) is 10.5 Å². The first-order valence-corrected chi connectivity index (χ1v) is 9.25. The number of thioether (sulfide) groups is 1. The van der Waals surface area contributed by atoms with E-state index < -0.39 is 0 Å². The number of fused-ring (bicyclic) bond motifs is 1. The van der Waals surface area contributed by atoms with Crippen LogP contribution in [0.15, 0.2) is 89.8 Å². The van der Waals surface area contributed by atoms with Crippen molar-refractivity contribution in [3.63, 3.8) is 0 Å². The summed E-state index contributed by atoms with van der Waals surface area (Å²) in [5, 5.41) is 8.96. The van der Waals surface area contributed by atoms with Gasteiger partial charge in [-0.25, -0.2) is 4.68 Å². The fourth-order valence-corrected chi connectivity index (χ4v) is 4.47. The van der Waals surface area contributed by atoms with Crippen LogP contribution in [0.25, 0.3) is 11.0 Å². The Balaban J connectivity index is 1.94. The molecule has 0 spiro atoms. The van der Waals surface area contributed by atoms with E-state index in [4.69, 9.17) is 0 Å². The summed E-state index contributed by atoms with van der Waals surface area (Å²) in [6.07, 6.45) is 0.893. The lowest BCUT2D eigenvalue weighted by atomic mass is 10.0. The summed E-state index contributed by atoms with van der Waals surface area (Å²) >= 11 is 1.82. The van der Waals surface area contributed by atoms with E-state index >= 15 is 0 Å². The highest BCUT2D eigenvalue weighted by Crippen LogP contribution is 2.45. The van der Waals surface area contributed by atoms with Gasteiger partial charge in [-0.1, -0.05) is 84.6 Å². The summed E-state index contributed by atoms with van der Waals surface area (Å²) in [4.78, 5) is 0.867. The molecule has 0 N–H and O–H groups in total. The van der Waals surface area contributed by atoms with Crippen molar-refractivity contribution < 1.29 is 0 Å². The molecule has 0 aliphatic rings. The first-order chi connectivity index (χ1) is 12.3. The lowest BCUT2D eigenvalue weighted by Gasteiger charge is -2.33. The predicted molar refractivity (Wildman–Crippen MR) is 104 cm³/mol. The van der Waals surface area contributed by atoms with Crippen molar-refractivity contribution in [2.75, 3.05) is 0 Å². The number of rotatable bonds is 5. The highest BCUT2D eigenvalue weighted by molar-refractivity contribution is 8.00. The smallest absolute Gasteiger partial charge is 0.139 e. The van der Waals surface area contributed by atoms with Gasteiger partial charge >= 0.3 is 0 Å². The minimum atomic E-state index is -0.348. The molecule has 0 aliphatic carbocycles. The van der Waals surface area contributed by atoms with Crippen LogP contribution < -0.4 is 0 Å². The van der Waals surface area contributed by atoms with E-state index in [9.17, 15) is 0 Å². The highest BCUT2D eigenvalue weighted by atomic mass is 32.2. The standard InChI is InChI=1S/C21H19N3S/c1-2-21(17-11-5-3-6-12-17,25-18-13-7-4-8-14-18)24-20-16-10-9-15-19(20)22-23-24/h3-16H,2H2,1H3. The zero-order valence-corrected chi connectivity index (χ0v) is 14.9. The summed E-state index contributed by atoms with van der Waals surface area (Å²) in [6.45, 7) is 2.21. The third kappa shape index (κ3) is 2.83. The highest BCUT2D eigenvalue weighted by Gasteiger charge is 2.36. The van der Waals surface area contributed by atoms with Crippen molar-refractivity contribution >= 4 is 22.8 Å². The van der Waals surface area contributed by atoms with Crippen molar-refractivity contribution in [3.8, 4) is 0 Å². The summed E-state index contributed by atoms with van der Waals surface area (Å²) in [7, 11) is 0. The lowest BCUT2D eigenvalue weighted by molar-refractivity contribution is 0.458. The van der Waals surface area contributed by atoms with Crippen molar-refractivity contribution in [1.29, 1.82) is 0 Å². The monoisotopic (exact) mass is 345 g/mol. The van der Waals surface area contributed by atoms with Gasteiger partial charge in [0.25, 0.3) is 0 Å². The molecule has 0 bridgehead atoms. The number of benzene rings is 3. The molecule has 0 fully saturated rings. The normalized spacial score (nSPS) is 13.6. The minimum absolute atomic E-state index is 0.348. The van der Waals surface area contributed by atoms with Gasteiger partial charge in [-0.05, 0) is 36.2 Å². The van der Waals surface area contributed by atoms with Gasteiger partial charge in [0.15, 0.2) is 0 Å². The Kier molecular flexibility index (Phi) is 4.28. The average molecular weight is 345 g/mol. The molecule has 3 nitrogen and oxygen atoms in total. The Morgan fingerprint density at radius 3 is 2.20 bits per heavy atom. The average Bonchev–Trinajstić information content (AvgIpc) is 3.12. The van der Waals surface area contributed by atoms with Crippen LogP contribution in [0.3, 0.4) is 0 Å². The molecular formula is C21H19N3S. The predicted octanol–water partition coefficient (Wildman–Crippen LogP) is 5.33. The molecule has 0 radical (unpaired) electrons. The van der Waals surface area contributed by atoms with Crippen LogP contribution in [0.4, 0.5) is 0 Å². The van der Waals surface area contributed by atoms with Crippen LogP contribution in [0.1, 0.15) is 18.9 Å². The number of hydrogen-bond donors (Lipinski definition) is 0. The SMILES string of the molecule is CCC(Sc1ccccc1)(c1ccccc1)n1nnc2ccccc21. The van der Waals surface area contributed by atoms with Crippen LogP contribution in [-0.2, 0) is 4.87 Å². The van der Waals surface area contributed by atoms with E-state index in [0.29, 0.717) is 0 Å². The first-order valence-electron chi connectivity index (χ1n) is 8.44. The van der Waals surface area contributed by atoms with Crippen LogP contribution in [0, 0.1) is 0 Å². The molecule has 1 atom stereocenters. The van der Waals surface area contributed by atoms with Crippen LogP contribution in [-0.4, -0.2) is 15.0 Å². The third-order valence-electron chi connectivity index (χ3n) is 4.43. The van der Waals surface area contributed by atoms with Crippen LogP contribution in [0.5, 0.6) is 0 Å². The van der Waals surface area contributed by atoms with Gasteiger partial charge in [-0.15, -0.1) is 5.10 Å². The largest absolute Gasteiger partial charge is 0.224 e. The van der Waals surface area contributed by atoms with Gasteiger partial charge in [0.05, 0.1) is 5.52 Å². The van der Waals surface area contributed by atoms with Crippen molar-refractivity contribution in [2.24, 2.45) is 0 Å². The summed E-state index contributed by atoms with van der Waals surface area (Å²) in [5.74, 6) is 0. The maximum Gasteiger partial charge on any atom is 0.139 e. The Morgan fingerprint density at radius 2 is 1.48 bits per heavy atom.